The Morgan fingerprint density at radius 3 is 2.73 bits per heavy atom. The van der Waals surface area contributed by atoms with Crippen LogP contribution in [0.2, 0.25) is 0 Å². The lowest BCUT2D eigenvalue weighted by atomic mass is 9.88. The van der Waals surface area contributed by atoms with Gasteiger partial charge >= 0.3 is 5.97 Å². The van der Waals surface area contributed by atoms with Gasteiger partial charge in [-0.25, -0.2) is 0 Å². The number of carbonyl (C=O) groups excluding carboxylic acids is 1. The molecule has 0 aliphatic heterocycles. The van der Waals surface area contributed by atoms with Gasteiger partial charge in [-0.1, -0.05) is 57.8 Å². The van der Waals surface area contributed by atoms with Crippen LogP contribution in [-0.2, 0) is 9.59 Å². The molecule has 146 valence electrons. The van der Waals surface area contributed by atoms with Crippen LogP contribution in [0.1, 0.15) is 65.2 Å². The first-order chi connectivity index (χ1) is 12.4. The molecular weight excluding hydrogens is 328 g/mol. The lowest BCUT2D eigenvalue weighted by molar-refractivity contribution is -0.141. The van der Waals surface area contributed by atoms with Crippen molar-refractivity contribution < 1.29 is 19.8 Å². The second-order valence-electron chi connectivity index (χ2n) is 8.17. The lowest BCUT2D eigenvalue weighted by Crippen LogP contribution is -2.15. The Hall–Kier alpha value is -1.42. The van der Waals surface area contributed by atoms with Crippen molar-refractivity contribution in [3.05, 3.63) is 24.3 Å². The van der Waals surface area contributed by atoms with Crippen LogP contribution in [-0.4, -0.2) is 28.1 Å². The molecule has 1 fully saturated rings. The fraction of sp³-hybridized carbons (Fsp3) is 0.727. The Kier molecular flexibility index (Phi) is 8.08. The van der Waals surface area contributed by atoms with Gasteiger partial charge in [0.05, 0.1) is 12.0 Å². The predicted molar refractivity (Wildman–Crippen MR) is 103 cm³/mol. The van der Waals surface area contributed by atoms with Gasteiger partial charge in [0.1, 0.15) is 0 Å². The molecule has 6 atom stereocenters. The molecule has 0 heterocycles. The molecule has 0 bridgehead atoms. The van der Waals surface area contributed by atoms with E-state index < -0.39 is 12.1 Å². The van der Waals surface area contributed by atoms with E-state index in [-0.39, 0.29) is 23.5 Å². The Morgan fingerprint density at radius 1 is 1.31 bits per heavy atom. The number of carboxylic acids is 1. The Balaban J connectivity index is 1.69. The fourth-order valence-corrected chi connectivity index (χ4v) is 4.05. The maximum Gasteiger partial charge on any atom is 0.306 e. The highest BCUT2D eigenvalue weighted by Crippen LogP contribution is 2.44. The molecule has 0 saturated heterocycles. The van der Waals surface area contributed by atoms with Gasteiger partial charge in [-0.05, 0) is 43.6 Å². The summed E-state index contributed by atoms with van der Waals surface area (Å²) < 4.78 is 0. The average molecular weight is 363 g/mol. The summed E-state index contributed by atoms with van der Waals surface area (Å²) in [5, 5.41) is 19.1. The minimum Gasteiger partial charge on any atom is -0.481 e. The van der Waals surface area contributed by atoms with E-state index in [1.807, 2.05) is 18.2 Å². The first-order valence-corrected chi connectivity index (χ1v) is 10.2. The third kappa shape index (κ3) is 6.39. The van der Waals surface area contributed by atoms with Crippen molar-refractivity contribution in [3.8, 4) is 0 Å². The van der Waals surface area contributed by atoms with Crippen molar-refractivity contribution in [2.45, 2.75) is 71.3 Å². The van der Waals surface area contributed by atoms with E-state index in [0.717, 1.165) is 38.0 Å². The second kappa shape index (κ2) is 10.1. The summed E-state index contributed by atoms with van der Waals surface area (Å²) in [7, 11) is 0. The number of rotatable bonds is 12. The van der Waals surface area contributed by atoms with Crippen LogP contribution in [0.4, 0.5) is 0 Å². The summed E-state index contributed by atoms with van der Waals surface area (Å²) in [5.74, 6) is 0.699. The molecule has 0 aromatic heterocycles. The number of unbranched alkanes of at least 4 members (excludes halogenated alkanes) is 2. The summed E-state index contributed by atoms with van der Waals surface area (Å²) in [4.78, 5) is 22.9. The number of carbonyl (C=O) groups is 2. The minimum atomic E-state index is -0.736. The fourth-order valence-electron chi connectivity index (χ4n) is 4.05. The van der Waals surface area contributed by atoms with E-state index in [2.05, 4.69) is 6.92 Å². The zero-order valence-corrected chi connectivity index (χ0v) is 16.1. The Labute approximate surface area is 157 Å². The number of hydrogen-bond donors (Lipinski definition) is 2. The van der Waals surface area contributed by atoms with Crippen molar-refractivity contribution in [1.82, 2.24) is 0 Å². The number of hydrogen-bond acceptors (Lipinski definition) is 3. The number of carboxylic acid groups (broad SMARTS) is 1. The van der Waals surface area contributed by atoms with Gasteiger partial charge in [-0.3, -0.25) is 9.59 Å². The van der Waals surface area contributed by atoms with Crippen LogP contribution in [0.25, 0.3) is 0 Å². The van der Waals surface area contributed by atoms with Gasteiger partial charge in [-0.2, -0.15) is 0 Å². The van der Waals surface area contributed by atoms with Gasteiger partial charge < -0.3 is 10.2 Å². The third-order valence-electron chi connectivity index (χ3n) is 6.08. The van der Waals surface area contributed by atoms with Crippen LogP contribution in [0.15, 0.2) is 24.3 Å². The maximum absolute atomic E-state index is 12.1. The van der Waals surface area contributed by atoms with E-state index in [1.165, 1.54) is 12.8 Å². The number of aliphatic hydroxyl groups is 1. The first kappa shape index (κ1) is 20.9. The summed E-state index contributed by atoms with van der Waals surface area (Å²) in [6.07, 6.45) is 14.7. The number of ketones is 1. The van der Waals surface area contributed by atoms with Crippen molar-refractivity contribution in [1.29, 1.82) is 0 Å². The molecule has 0 radical (unpaired) electrons. The molecule has 0 amide bonds. The van der Waals surface area contributed by atoms with Crippen molar-refractivity contribution in [3.63, 3.8) is 0 Å². The topological polar surface area (TPSA) is 74.6 Å². The van der Waals surface area contributed by atoms with Gasteiger partial charge in [0.25, 0.3) is 0 Å². The zero-order valence-electron chi connectivity index (χ0n) is 16.1. The van der Waals surface area contributed by atoms with Gasteiger partial charge in [0.15, 0.2) is 5.78 Å². The minimum absolute atomic E-state index is 0.0142. The predicted octanol–water partition coefficient (Wildman–Crippen LogP) is 4.38. The molecule has 2 aliphatic rings. The number of allylic oxidation sites excluding steroid dienone is 3. The van der Waals surface area contributed by atoms with E-state index in [9.17, 15) is 14.7 Å². The van der Waals surface area contributed by atoms with E-state index >= 15 is 0 Å². The quantitative estimate of drug-likeness (QED) is 0.399. The molecule has 0 aromatic carbocycles. The molecule has 2 N–H and O–H groups in total. The number of aliphatic carboxylic acids is 1. The second-order valence-corrected chi connectivity index (χ2v) is 8.17. The van der Waals surface area contributed by atoms with E-state index in [1.54, 1.807) is 13.0 Å². The Morgan fingerprint density at radius 2 is 2.08 bits per heavy atom. The zero-order chi connectivity index (χ0) is 19.1. The average Bonchev–Trinajstić information content (AvgIpc) is 3.26. The maximum atomic E-state index is 12.1. The summed E-state index contributed by atoms with van der Waals surface area (Å²) in [6, 6.07) is 0. The molecule has 0 aromatic rings. The molecule has 4 nitrogen and oxygen atoms in total. The molecule has 1 saturated carbocycles. The van der Waals surface area contributed by atoms with Crippen molar-refractivity contribution in [2.24, 2.45) is 29.6 Å². The molecular formula is C22H34O4. The highest BCUT2D eigenvalue weighted by atomic mass is 16.4. The lowest BCUT2D eigenvalue weighted by Gasteiger charge is -2.15. The number of aliphatic hydroxyl groups excluding tert-OH is 1. The standard InChI is InChI=1S/C22H34O4/c1-3-16-13-18(16)14-19(23)11-9-17-10-12-21(24)20(17)8-6-4-5-7-15(2)22(25)26/h9-12,15-20,23H,3-8,13-14H2,1-2H3,(H,25,26)/b11-9+/t15?,16?,17-,18?,19?,20+/m0/s1. The third-order valence-corrected chi connectivity index (χ3v) is 6.08. The summed E-state index contributed by atoms with van der Waals surface area (Å²) >= 11 is 0. The van der Waals surface area contributed by atoms with Gasteiger partial charge in [0.2, 0.25) is 0 Å². The summed E-state index contributed by atoms with van der Waals surface area (Å²) in [5.41, 5.74) is 0. The smallest absolute Gasteiger partial charge is 0.306 e. The highest BCUT2D eigenvalue weighted by molar-refractivity contribution is 5.94. The van der Waals surface area contributed by atoms with Gasteiger partial charge in [0, 0.05) is 11.8 Å². The van der Waals surface area contributed by atoms with E-state index in [0.29, 0.717) is 12.3 Å². The molecule has 2 aliphatic carbocycles. The largest absolute Gasteiger partial charge is 0.481 e. The first-order valence-electron chi connectivity index (χ1n) is 10.2. The van der Waals surface area contributed by atoms with Crippen molar-refractivity contribution in [2.75, 3.05) is 0 Å². The Bertz CT molecular complexity index is 536. The van der Waals surface area contributed by atoms with Crippen LogP contribution in [0, 0.1) is 29.6 Å². The van der Waals surface area contributed by atoms with Crippen molar-refractivity contribution >= 4 is 11.8 Å². The van der Waals surface area contributed by atoms with Crippen LogP contribution < -0.4 is 0 Å². The van der Waals surface area contributed by atoms with Crippen LogP contribution >= 0.6 is 0 Å². The molecule has 4 heteroatoms. The monoisotopic (exact) mass is 362 g/mol. The normalized spacial score (nSPS) is 30.0. The van der Waals surface area contributed by atoms with Crippen LogP contribution in [0.3, 0.4) is 0 Å². The molecule has 2 rings (SSSR count). The molecule has 4 unspecified atom stereocenters. The van der Waals surface area contributed by atoms with E-state index in [4.69, 9.17) is 5.11 Å². The SMILES string of the molecule is CCC1CC1CC(O)/C=C/[C@H]1C=CC(=O)[C@@H]1CCCCCC(C)C(=O)O. The van der Waals surface area contributed by atoms with Gasteiger partial charge in [-0.15, -0.1) is 0 Å². The molecule has 0 spiro atoms. The van der Waals surface area contributed by atoms with Crippen LogP contribution in [0.5, 0.6) is 0 Å². The highest BCUT2D eigenvalue weighted by Gasteiger charge is 2.36. The summed E-state index contributed by atoms with van der Waals surface area (Å²) in [6.45, 7) is 3.94. The molecule has 26 heavy (non-hydrogen) atoms.